The summed E-state index contributed by atoms with van der Waals surface area (Å²) in [5, 5.41) is 17.0. The van der Waals surface area contributed by atoms with Crippen LogP contribution in [-0.2, 0) is 9.59 Å². The van der Waals surface area contributed by atoms with Gasteiger partial charge in [-0.1, -0.05) is 139 Å². The Bertz CT molecular complexity index is 715. The lowest BCUT2D eigenvalue weighted by Crippen LogP contribution is -1.93. The van der Waals surface area contributed by atoms with Crippen molar-refractivity contribution < 1.29 is 19.8 Å². The topological polar surface area (TPSA) is 74.6 Å². The highest BCUT2D eigenvalue weighted by Crippen LogP contribution is 2.10. The van der Waals surface area contributed by atoms with Crippen LogP contribution in [0.3, 0.4) is 0 Å². The third kappa shape index (κ3) is 44.7. The van der Waals surface area contributed by atoms with E-state index in [1.54, 1.807) is 0 Å². The Morgan fingerprint density at radius 3 is 1.12 bits per heavy atom. The van der Waals surface area contributed by atoms with E-state index in [-0.39, 0.29) is 6.42 Å². The maximum Gasteiger partial charge on any atom is 0.303 e. The van der Waals surface area contributed by atoms with Crippen LogP contribution in [0.1, 0.15) is 168 Å². The Labute approximate surface area is 260 Å². The lowest BCUT2D eigenvalue weighted by atomic mass is 10.1. The fourth-order valence-electron chi connectivity index (χ4n) is 4.28. The van der Waals surface area contributed by atoms with Crippen LogP contribution >= 0.6 is 0 Å². The first-order chi connectivity index (χ1) is 20.5. The number of hydrogen-bond donors (Lipinski definition) is 2. The van der Waals surface area contributed by atoms with Crippen LogP contribution in [0.25, 0.3) is 0 Å². The zero-order valence-corrected chi connectivity index (χ0v) is 27.5. The van der Waals surface area contributed by atoms with Gasteiger partial charge in [0.05, 0.1) is 0 Å². The molecule has 42 heavy (non-hydrogen) atoms. The van der Waals surface area contributed by atoms with E-state index in [0.29, 0.717) is 6.42 Å². The highest BCUT2D eigenvalue weighted by Gasteiger charge is 1.96. The van der Waals surface area contributed by atoms with Crippen LogP contribution in [0.2, 0.25) is 0 Å². The highest BCUT2D eigenvalue weighted by atomic mass is 16.4. The van der Waals surface area contributed by atoms with Gasteiger partial charge in [-0.3, -0.25) is 9.59 Å². The molecule has 0 bridgehead atoms. The zero-order chi connectivity index (χ0) is 31.2. The van der Waals surface area contributed by atoms with Crippen LogP contribution < -0.4 is 0 Å². The molecule has 0 spiro atoms. The first-order valence-electron chi connectivity index (χ1n) is 17.2. The molecule has 0 atom stereocenters. The normalized spacial score (nSPS) is 11.9. The van der Waals surface area contributed by atoms with E-state index in [9.17, 15) is 9.59 Å². The van der Waals surface area contributed by atoms with Crippen molar-refractivity contribution in [2.45, 2.75) is 168 Å². The van der Waals surface area contributed by atoms with Crippen molar-refractivity contribution in [1.29, 1.82) is 0 Å². The highest BCUT2D eigenvalue weighted by molar-refractivity contribution is 5.66. The summed E-state index contributed by atoms with van der Waals surface area (Å²) < 4.78 is 0. The summed E-state index contributed by atoms with van der Waals surface area (Å²) in [6.45, 7) is 4.49. The number of rotatable bonds is 29. The number of carboxylic acid groups (broad SMARTS) is 2. The molecule has 4 heteroatoms. The molecule has 242 valence electrons. The molecule has 2 N–H and O–H groups in total. The summed E-state index contributed by atoms with van der Waals surface area (Å²) >= 11 is 0. The Kier molecular flexibility index (Phi) is 38.4. The third-order valence-electron chi connectivity index (χ3n) is 6.87. The van der Waals surface area contributed by atoms with Crippen molar-refractivity contribution >= 4 is 11.9 Å². The number of unbranched alkanes of at least 4 members (excludes halogenated alkanes) is 15. The molecule has 0 radical (unpaired) electrons. The Morgan fingerprint density at radius 2 is 0.667 bits per heavy atom. The first kappa shape index (κ1) is 41.8. The van der Waals surface area contributed by atoms with Crippen LogP contribution in [0.4, 0.5) is 0 Å². The van der Waals surface area contributed by atoms with Gasteiger partial charge >= 0.3 is 11.9 Å². The standard InChI is InChI=1S/C20H32O2.C18H34O2/c1-2-3-4-5-6-7-8-9-10-11-12-13-14-15-16-17-18-19-20(21)22;1-2-3-4-5-6-7-8-9-10-11-12-13-14-15-16-17-18(19)20/h6-7,9-10,12-13,15-16H,2-5,8,11,14,17-19H2,1H3,(H,21,22);9-10H,2-8,11-17H2,1H3,(H,19,20). The van der Waals surface area contributed by atoms with Gasteiger partial charge in [-0.25, -0.2) is 0 Å². The molecule has 0 fully saturated rings. The van der Waals surface area contributed by atoms with Gasteiger partial charge in [-0.2, -0.15) is 0 Å². The molecule has 0 aromatic heterocycles. The molecule has 0 aromatic carbocycles. The minimum absolute atomic E-state index is 0.262. The molecular formula is C38H66O4. The average molecular weight is 587 g/mol. The van der Waals surface area contributed by atoms with Crippen molar-refractivity contribution in [3.63, 3.8) is 0 Å². The fourth-order valence-corrected chi connectivity index (χ4v) is 4.28. The number of aliphatic carboxylic acids is 2. The third-order valence-corrected chi connectivity index (χ3v) is 6.87. The molecular weight excluding hydrogens is 520 g/mol. The molecule has 0 heterocycles. The molecule has 0 aliphatic heterocycles. The van der Waals surface area contributed by atoms with Crippen LogP contribution in [-0.4, -0.2) is 22.2 Å². The van der Waals surface area contributed by atoms with E-state index < -0.39 is 11.9 Å². The summed E-state index contributed by atoms with van der Waals surface area (Å²) in [5.41, 5.74) is 0. The van der Waals surface area contributed by atoms with Crippen molar-refractivity contribution in [2.75, 3.05) is 0 Å². The van der Waals surface area contributed by atoms with Crippen LogP contribution in [0, 0.1) is 0 Å². The molecule has 0 aliphatic rings. The molecule has 0 saturated carbocycles. The second kappa shape index (κ2) is 38.6. The smallest absolute Gasteiger partial charge is 0.303 e. The number of carboxylic acids is 2. The molecule has 0 unspecified atom stereocenters. The van der Waals surface area contributed by atoms with Crippen LogP contribution in [0.5, 0.6) is 0 Å². The quantitative estimate of drug-likeness (QED) is 0.0675. The molecule has 0 aromatic rings. The van der Waals surface area contributed by atoms with Crippen molar-refractivity contribution in [3.8, 4) is 0 Å². The van der Waals surface area contributed by atoms with Gasteiger partial charge in [0.15, 0.2) is 0 Å². The minimum atomic E-state index is -0.712. The monoisotopic (exact) mass is 586 g/mol. The summed E-state index contributed by atoms with van der Waals surface area (Å²) in [4.78, 5) is 20.6. The molecule has 0 saturated heterocycles. The van der Waals surface area contributed by atoms with Gasteiger partial charge in [0.1, 0.15) is 0 Å². The van der Waals surface area contributed by atoms with Gasteiger partial charge in [-0.15, -0.1) is 0 Å². The van der Waals surface area contributed by atoms with Crippen molar-refractivity contribution in [3.05, 3.63) is 60.8 Å². The average Bonchev–Trinajstić information content (AvgIpc) is 2.97. The molecule has 4 nitrogen and oxygen atoms in total. The molecule has 0 rings (SSSR count). The second-order valence-corrected chi connectivity index (χ2v) is 11.1. The summed E-state index contributed by atoms with van der Waals surface area (Å²) in [7, 11) is 0. The maximum absolute atomic E-state index is 10.3. The van der Waals surface area contributed by atoms with Crippen molar-refractivity contribution in [2.24, 2.45) is 0 Å². The number of allylic oxidation sites excluding steroid dienone is 10. The zero-order valence-electron chi connectivity index (χ0n) is 27.5. The van der Waals surface area contributed by atoms with Crippen molar-refractivity contribution in [1.82, 2.24) is 0 Å². The van der Waals surface area contributed by atoms with E-state index >= 15 is 0 Å². The largest absolute Gasteiger partial charge is 0.481 e. The first-order valence-corrected chi connectivity index (χ1v) is 17.2. The van der Waals surface area contributed by atoms with E-state index in [4.69, 9.17) is 10.2 Å². The molecule has 0 aliphatic carbocycles. The summed E-state index contributed by atoms with van der Waals surface area (Å²) in [6.07, 6.45) is 48.6. The van der Waals surface area contributed by atoms with Gasteiger partial charge in [0.25, 0.3) is 0 Å². The second-order valence-electron chi connectivity index (χ2n) is 11.1. The van der Waals surface area contributed by atoms with Gasteiger partial charge in [0.2, 0.25) is 0 Å². The number of hydrogen-bond acceptors (Lipinski definition) is 2. The summed E-state index contributed by atoms with van der Waals surface area (Å²) in [5.74, 6) is -1.38. The molecule has 0 amide bonds. The predicted octanol–water partition coefficient (Wildman–Crippen LogP) is 12.3. The van der Waals surface area contributed by atoms with Crippen LogP contribution in [0.15, 0.2) is 60.8 Å². The van der Waals surface area contributed by atoms with Gasteiger partial charge in [-0.05, 0) is 77.0 Å². The Hall–Kier alpha value is -2.36. The minimum Gasteiger partial charge on any atom is -0.481 e. The Balaban J connectivity index is 0. The fraction of sp³-hybridized carbons (Fsp3) is 0.684. The van der Waals surface area contributed by atoms with E-state index in [1.165, 1.54) is 96.3 Å². The van der Waals surface area contributed by atoms with E-state index in [2.05, 4.69) is 74.6 Å². The van der Waals surface area contributed by atoms with E-state index in [1.807, 2.05) is 0 Å². The Morgan fingerprint density at radius 1 is 0.381 bits per heavy atom. The maximum atomic E-state index is 10.3. The van der Waals surface area contributed by atoms with Gasteiger partial charge in [0, 0.05) is 12.8 Å². The number of carbonyl (C=O) groups is 2. The lowest BCUT2D eigenvalue weighted by molar-refractivity contribution is -0.138. The predicted molar refractivity (Wildman–Crippen MR) is 183 cm³/mol. The van der Waals surface area contributed by atoms with E-state index in [0.717, 1.165) is 44.9 Å². The summed E-state index contributed by atoms with van der Waals surface area (Å²) in [6, 6.07) is 0. The SMILES string of the molecule is CCCCCC=CCC=CCC=CCC=CCCCC(=O)O.CCCCCCCCC=CCCCCCCCC(=O)O. The lowest BCUT2D eigenvalue weighted by Gasteiger charge is -1.99. The van der Waals surface area contributed by atoms with Gasteiger partial charge < -0.3 is 10.2 Å².